The Labute approximate surface area is 170 Å². The minimum Gasteiger partial charge on any atom is -0.306 e. The lowest BCUT2D eigenvalue weighted by Gasteiger charge is -2.36. The maximum Gasteiger partial charge on any atom is 0.302 e. The lowest BCUT2D eigenvalue weighted by Crippen LogP contribution is -2.47. The number of anilines is 1. The number of sulfonamides is 1. The summed E-state index contributed by atoms with van der Waals surface area (Å²) >= 11 is 0. The first-order valence-electron chi connectivity index (χ1n) is 9.80. The van der Waals surface area contributed by atoms with Gasteiger partial charge in [0.1, 0.15) is 5.82 Å². The summed E-state index contributed by atoms with van der Waals surface area (Å²) in [4.78, 5) is 11.0. The molecule has 2 aliphatic rings. The minimum absolute atomic E-state index is 0.111. The normalized spacial score (nSPS) is 22.1. The van der Waals surface area contributed by atoms with Gasteiger partial charge in [-0.2, -0.15) is 17.9 Å². The van der Waals surface area contributed by atoms with E-state index in [1.165, 1.54) is 4.52 Å². The zero-order valence-electron chi connectivity index (χ0n) is 17.0. The Kier molecular flexibility index (Phi) is 3.98. The Bertz CT molecular complexity index is 1240. The van der Waals surface area contributed by atoms with Crippen molar-refractivity contribution in [1.82, 2.24) is 24.5 Å². The molecule has 4 heterocycles. The van der Waals surface area contributed by atoms with Crippen molar-refractivity contribution in [2.24, 2.45) is 0 Å². The van der Waals surface area contributed by atoms with Gasteiger partial charge in [-0.1, -0.05) is 17.7 Å². The lowest BCUT2D eigenvalue weighted by atomic mass is 9.89. The average molecular weight is 413 g/mol. The van der Waals surface area contributed by atoms with Gasteiger partial charge in [0, 0.05) is 24.2 Å². The van der Waals surface area contributed by atoms with E-state index in [-0.39, 0.29) is 17.1 Å². The molecule has 0 radical (unpaired) electrons. The second kappa shape index (κ2) is 6.24. The van der Waals surface area contributed by atoms with Gasteiger partial charge in [0.25, 0.3) is 5.16 Å². The van der Waals surface area contributed by atoms with Gasteiger partial charge in [0.2, 0.25) is 0 Å². The Morgan fingerprint density at radius 2 is 1.90 bits per heavy atom. The Hall–Kier alpha value is -2.52. The number of hydrogen-bond donors (Lipinski definition) is 0. The number of hydrogen-bond acceptors (Lipinski definition) is 6. The molecule has 29 heavy (non-hydrogen) atoms. The Morgan fingerprint density at radius 3 is 2.69 bits per heavy atom. The lowest BCUT2D eigenvalue weighted by molar-refractivity contribution is 0.237. The molecule has 0 spiro atoms. The van der Waals surface area contributed by atoms with Crippen LogP contribution in [-0.2, 0) is 10.0 Å². The summed E-state index contributed by atoms with van der Waals surface area (Å²) in [5, 5.41) is 4.15. The molecule has 8 nitrogen and oxygen atoms in total. The van der Waals surface area contributed by atoms with Crippen LogP contribution in [0.4, 0.5) is 5.69 Å². The van der Waals surface area contributed by atoms with Crippen LogP contribution in [0.5, 0.6) is 0 Å². The molecule has 0 bridgehead atoms. The average Bonchev–Trinajstić information content (AvgIpc) is 3.21. The largest absolute Gasteiger partial charge is 0.306 e. The van der Waals surface area contributed by atoms with Crippen LogP contribution >= 0.6 is 0 Å². The van der Waals surface area contributed by atoms with Crippen molar-refractivity contribution < 1.29 is 8.42 Å². The molecule has 0 saturated carbocycles. The van der Waals surface area contributed by atoms with Crippen molar-refractivity contribution in [1.29, 1.82) is 0 Å². The first-order chi connectivity index (χ1) is 13.8. The van der Waals surface area contributed by atoms with Crippen LogP contribution in [0.2, 0.25) is 0 Å². The van der Waals surface area contributed by atoms with E-state index in [2.05, 4.69) is 33.1 Å². The van der Waals surface area contributed by atoms with Gasteiger partial charge in [-0.05, 0) is 52.4 Å². The highest BCUT2D eigenvalue weighted by Gasteiger charge is 2.47. The third kappa shape index (κ3) is 2.75. The summed E-state index contributed by atoms with van der Waals surface area (Å²) in [6.45, 7) is 7.40. The van der Waals surface area contributed by atoms with Crippen LogP contribution < -0.4 is 4.31 Å². The molecule has 5 rings (SSSR count). The van der Waals surface area contributed by atoms with Gasteiger partial charge in [0.05, 0.1) is 11.7 Å². The van der Waals surface area contributed by atoms with Crippen molar-refractivity contribution in [2.45, 2.75) is 44.3 Å². The van der Waals surface area contributed by atoms with Crippen molar-refractivity contribution in [3.63, 3.8) is 0 Å². The fourth-order valence-corrected chi connectivity index (χ4v) is 6.31. The number of aromatic nitrogens is 4. The molecular formula is C20H24N6O2S. The first kappa shape index (κ1) is 18.5. The number of benzene rings is 1. The molecule has 2 atom stereocenters. The molecule has 2 aliphatic heterocycles. The third-order valence-electron chi connectivity index (χ3n) is 5.99. The molecule has 0 N–H and O–H groups in total. The van der Waals surface area contributed by atoms with Crippen LogP contribution in [0.25, 0.3) is 5.65 Å². The fraction of sp³-hybridized carbons (Fsp3) is 0.450. The Morgan fingerprint density at radius 1 is 1.10 bits per heavy atom. The maximum atomic E-state index is 13.7. The molecule has 0 aliphatic carbocycles. The van der Waals surface area contributed by atoms with Gasteiger partial charge in [-0.3, -0.25) is 4.31 Å². The predicted molar refractivity (Wildman–Crippen MR) is 110 cm³/mol. The summed E-state index contributed by atoms with van der Waals surface area (Å²) in [6.07, 6.45) is 0.779. The second-order valence-electron chi connectivity index (χ2n) is 8.20. The van der Waals surface area contributed by atoms with Crippen LogP contribution in [-0.4, -0.2) is 59.1 Å². The van der Waals surface area contributed by atoms with Crippen LogP contribution in [0, 0.1) is 20.8 Å². The minimum atomic E-state index is -3.90. The molecule has 9 heteroatoms. The van der Waals surface area contributed by atoms with E-state index >= 15 is 0 Å². The monoisotopic (exact) mass is 412 g/mol. The number of aryl methyl sites for hydroxylation is 3. The van der Waals surface area contributed by atoms with E-state index in [1.54, 1.807) is 17.3 Å². The van der Waals surface area contributed by atoms with Crippen LogP contribution in [0.1, 0.15) is 35.0 Å². The predicted octanol–water partition coefficient (Wildman–Crippen LogP) is 2.05. The standard InChI is InChI=1S/C20H24N6O2S/c1-12-5-6-17-15(9-12)16-11-24(4)8-7-18(16)26(17)29(27,28)20-22-19-10-13(2)21-14(3)25(19)23-20/h5-6,9-10,16,18H,7-8,11H2,1-4H3/t16-,18+/m1/s1. The van der Waals surface area contributed by atoms with E-state index < -0.39 is 10.0 Å². The van der Waals surface area contributed by atoms with Gasteiger partial charge >= 0.3 is 10.0 Å². The van der Waals surface area contributed by atoms with Crippen LogP contribution in [0.3, 0.4) is 0 Å². The first-order valence-corrected chi connectivity index (χ1v) is 11.2. The van der Waals surface area contributed by atoms with E-state index in [4.69, 9.17) is 0 Å². The van der Waals surface area contributed by atoms with Gasteiger partial charge < -0.3 is 4.90 Å². The number of rotatable bonds is 2. The summed E-state index contributed by atoms with van der Waals surface area (Å²) in [5.41, 5.74) is 4.27. The van der Waals surface area contributed by atoms with Crippen LogP contribution in [0.15, 0.2) is 29.4 Å². The third-order valence-corrected chi connectivity index (χ3v) is 7.61. The number of likely N-dealkylation sites (N-methyl/N-ethyl adjacent to an activating group) is 1. The Balaban J connectivity index is 1.67. The van der Waals surface area contributed by atoms with Crippen molar-refractivity contribution in [2.75, 3.05) is 24.4 Å². The summed E-state index contributed by atoms with van der Waals surface area (Å²) in [5.74, 6) is 0.768. The SMILES string of the molecule is Cc1ccc2c(c1)[C@H]1CN(C)CC[C@@H]1N2S(=O)(=O)c1nc2cc(C)nc(C)n2n1. The highest BCUT2D eigenvalue weighted by molar-refractivity contribution is 7.92. The number of likely N-dealkylation sites (tertiary alicyclic amines) is 1. The number of fused-ring (bicyclic) bond motifs is 4. The molecular weight excluding hydrogens is 388 g/mol. The molecule has 3 aromatic rings. The summed E-state index contributed by atoms with van der Waals surface area (Å²) in [6, 6.07) is 7.65. The van der Waals surface area contributed by atoms with Gasteiger partial charge in [-0.25, -0.2) is 4.98 Å². The highest BCUT2D eigenvalue weighted by atomic mass is 32.2. The quantitative estimate of drug-likeness (QED) is 0.641. The van der Waals surface area contributed by atoms with Gasteiger partial charge in [-0.15, -0.1) is 5.10 Å². The maximum absolute atomic E-state index is 13.7. The van der Waals surface area contributed by atoms with E-state index in [9.17, 15) is 8.42 Å². The van der Waals surface area contributed by atoms with Crippen molar-refractivity contribution in [3.05, 3.63) is 46.9 Å². The number of piperidine rings is 1. The molecule has 152 valence electrons. The molecule has 2 aromatic heterocycles. The second-order valence-corrected chi connectivity index (χ2v) is 9.91. The molecule has 1 fully saturated rings. The van der Waals surface area contributed by atoms with Gasteiger partial charge in [0.15, 0.2) is 5.65 Å². The van der Waals surface area contributed by atoms with E-state index in [1.807, 2.05) is 26.0 Å². The molecule has 1 aromatic carbocycles. The van der Waals surface area contributed by atoms with Crippen molar-refractivity contribution >= 4 is 21.4 Å². The molecule has 1 saturated heterocycles. The summed E-state index contributed by atoms with van der Waals surface area (Å²) in [7, 11) is -1.81. The van der Waals surface area contributed by atoms with Crippen molar-refractivity contribution in [3.8, 4) is 0 Å². The highest BCUT2D eigenvalue weighted by Crippen LogP contribution is 2.47. The molecule has 0 unspecified atom stereocenters. The zero-order valence-corrected chi connectivity index (χ0v) is 17.8. The fourth-order valence-electron chi connectivity index (χ4n) is 4.70. The van der Waals surface area contributed by atoms with E-state index in [0.717, 1.165) is 42.0 Å². The zero-order chi connectivity index (χ0) is 20.5. The molecule has 0 amide bonds. The smallest absolute Gasteiger partial charge is 0.302 e. The summed E-state index contributed by atoms with van der Waals surface area (Å²) < 4.78 is 30.5. The number of nitrogens with zero attached hydrogens (tertiary/aromatic N) is 6. The van der Waals surface area contributed by atoms with E-state index in [0.29, 0.717) is 11.5 Å². The topological polar surface area (TPSA) is 83.7 Å².